The highest BCUT2D eigenvalue weighted by atomic mass is 16.5. The Bertz CT molecular complexity index is 618. The van der Waals surface area contributed by atoms with Gasteiger partial charge in [-0.1, -0.05) is 17.3 Å². The molecule has 1 heterocycles. The number of amides is 2. The zero-order valence-corrected chi connectivity index (χ0v) is 10.0. The number of aromatic carboxylic acids is 1. The summed E-state index contributed by atoms with van der Waals surface area (Å²) in [5, 5.41) is 12.4. The van der Waals surface area contributed by atoms with Gasteiger partial charge in [-0.15, -0.1) is 0 Å². The summed E-state index contributed by atoms with van der Waals surface area (Å²) in [7, 11) is 1.55. The van der Waals surface area contributed by atoms with E-state index in [-0.39, 0.29) is 5.76 Å². The first-order valence-electron chi connectivity index (χ1n) is 5.32. The summed E-state index contributed by atoms with van der Waals surface area (Å²) in [6.07, 6.45) is 0. The van der Waals surface area contributed by atoms with Crippen molar-refractivity contribution in [1.82, 2.24) is 5.16 Å². The average molecular weight is 261 g/mol. The maximum Gasteiger partial charge on any atom is 0.374 e. The van der Waals surface area contributed by atoms with E-state index >= 15 is 0 Å². The summed E-state index contributed by atoms with van der Waals surface area (Å²) in [6, 6.07) is 7.50. The van der Waals surface area contributed by atoms with Gasteiger partial charge in [-0.2, -0.15) is 0 Å². The molecule has 1 aromatic carbocycles. The van der Waals surface area contributed by atoms with Crippen molar-refractivity contribution in [3.63, 3.8) is 0 Å². The Labute approximate surface area is 108 Å². The number of rotatable bonds is 3. The van der Waals surface area contributed by atoms with Crippen molar-refractivity contribution in [1.29, 1.82) is 0 Å². The number of benzene rings is 1. The van der Waals surface area contributed by atoms with Gasteiger partial charge < -0.3 is 15.4 Å². The fraction of sp³-hybridized carbons (Fsp3) is 0.0833. The van der Waals surface area contributed by atoms with Gasteiger partial charge in [0.1, 0.15) is 5.69 Å². The highest BCUT2D eigenvalue weighted by Gasteiger charge is 2.13. The lowest BCUT2D eigenvalue weighted by atomic mass is 10.1. The minimum absolute atomic E-state index is 0.228. The number of carboxylic acid groups (broad SMARTS) is 1. The number of aromatic nitrogens is 1. The second-order valence-corrected chi connectivity index (χ2v) is 3.83. The molecule has 3 N–H and O–H groups in total. The van der Waals surface area contributed by atoms with Gasteiger partial charge in [0.15, 0.2) is 0 Å². The van der Waals surface area contributed by atoms with Crippen LogP contribution in [0.3, 0.4) is 0 Å². The standard InChI is InChI=1S/C12H11N3O4/c1-15(12(13)18)8-4-2-7(3-5-8)9-6-10(11(16)17)19-14-9/h2-6H,1H3,(H2,13,18)(H,16,17). The normalized spacial score (nSPS) is 10.2. The van der Waals surface area contributed by atoms with E-state index in [0.29, 0.717) is 16.9 Å². The first kappa shape index (κ1) is 12.6. The third-order valence-electron chi connectivity index (χ3n) is 2.60. The van der Waals surface area contributed by atoms with E-state index in [1.54, 1.807) is 31.3 Å². The minimum atomic E-state index is -1.18. The van der Waals surface area contributed by atoms with Gasteiger partial charge >= 0.3 is 12.0 Å². The molecule has 0 bridgehead atoms. The molecule has 2 rings (SSSR count). The molecule has 2 amide bonds. The number of nitrogens with two attached hydrogens (primary N) is 1. The summed E-state index contributed by atoms with van der Waals surface area (Å²) in [5.74, 6) is -1.41. The van der Waals surface area contributed by atoms with Crippen molar-refractivity contribution in [3.05, 3.63) is 36.1 Å². The number of carboxylic acids is 1. The van der Waals surface area contributed by atoms with Crippen LogP contribution < -0.4 is 10.6 Å². The van der Waals surface area contributed by atoms with Gasteiger partial charge in [0.05, 0.1) is 0 Å². The monoisotopic (exact) mass is 261 g/mol. The molecule has 2 aromatic rings. The molecule has 0 aliphatic rings. The van der Waals surface area contributed by atoms with Crippen LogP contribution in [0.5, 0.6) is 0 Å². The molecule has 0 aliphatic carbocycles. The van der Waals surface area contributed by atoms with Crippen LogP contribution in [0.4, 0.5) is 10.5 Å². The minimum Gasteiger partial charge on any atom is -0.475 e. The van der Waals surface area contributed by atoms with Gasteiger partial charge in [-0.05, 0) is 12.1 Å². The summed E-state index contributed by atoms with van der Waals surface area (Å²) in [4.78, 5) is 22.9. The van der Waals surface area contributed by atoms with Crippen molar-refractivity contribution in [3.8, 4) is 11.3 Å². The lowest BCUT2D eigenvalue weighted by Gasteiger charge is -2.14. The Morgan fingerprint density at radius 1 is 1.32 bits per heavy atom. The van der Waals surface area contributed by atoms with E-state index in [2.05, 4.69) is 9.68 Å². The highest BCUT2D eigenvalue weighted by Crippen LogP contribution is 2.22. The SMILES string of the molecule is CN(C(N)=O)c1ccc(-c2cc(C(=O)O)on2)cc1. The Morgan fingerprint density at radius 3 is 2.42 bits per heavy atom. The van der Waals surface area contributed by atoms with Crippen LogP contribution in [0.2, 0.25) is 0 Å². The first-order valence-corrected chi connectivity index (χ1v) is 5.32. The summed E-state index contributed by atoms with van der Waals surface area (Å²) < 4.78 is 4.66. The molecule has 0 unspecified atom stereocenters. The molecule has 0 fully saturated rings. The number of primary amides is 1. The number of urea groups is 1. The quantitative estimate of drug-likeness (QED) is 0.871. The fourth-order valence-corrected chi connectivity index (χ4v) is 1.50. The Balaban J connectivity index is 2.27. The van der Waals surface area contributed by atoms with Crippen LogP contribution in [-0.2, 0) is 0 Å². The summed E-state index contributed by atoms with van der Waals surface area (Å²) >= 11 is 0. The van der Waals surface area contributed by atoms with Crippen molar-refractivity contribution >= 4 is 17.7 Å². The lowest BCUT2D eigenvalue weighted by molar-refractivity contribution is 0.0652. The van der Waals surface area contributed by atoms with Crippen LogP contribution in [0.1, 0.15) is 10.6 Å². The Hall–Kier alpha value is -2.83. The van der Waals surface area contributed by atoms with E-state index in [1.165, 1.54) is 11.0 Å². The summed E-state index contributed by atoms with van der Waals surface area (Å²) in [5.41, 5.74) is 6.86. The molecule has 1 aromatic heterocycles. The van der Waals surface area contributed by atoms with Gasteiger partial charge in [-0.25, -0.2) is 9.59 Å². The maximum absolute atomic E-state index is 11.0. The van der Waals surface area contributed by atoms with Crippen LogP contribution in [0.15, 0.2) is 34.9 Å². The predicted octanol–water partition coefficient (Wildman–Crippen LogP) is 1.55. The second-order valence-electron chi connectivity index (χ2n) is 3.83. The fourth-order valence-electron chi connectivity index (χ4n) is 1.50. The smallest absolute Gasteiger partial charge is 0.374 e. The van der Waals surface area contributed by atoms with Crippen molar-refractivity contribution in [2.24, 2.45) is 5.73 Å². The van der Waals surface area contributed by atoms with Crippen LogP contribution in [0, 0.1) is 0 Å². The molecule has 7 nitrogen and oxygen atoms in total. The highest BCUT2D eigenvalue weighted by molar-refractivity contribution is 5.90. The molecule has 98 valence electrons. The van der Waals surface area contributed by atoms with Crippen LogP contribution in [0.25, 0.3) is 11.3 Å². The third kappa shape index (κ3) is 2.54. The molecular weight excluding hydrogens is 250 g/mol. The van der Waals surface area contributed by atoms with Crippen molar-refractivity contribution < 1.29 is 19.2 Å². The molecule has 0 spiro atoms. The average Bonchev–Trinajstić information content (AvgIpc) is 2.87. The van der Waals surface area contributed by atoms with E-state index in [0.717, 1.165) is 0 Å². The van der Waals surface area contributed by atoms with Crippen LogP contribution >= 0.6 is 0 Å². The largest absolute Gasteiger partial charge is 0.475 e. The Kier molecular flexibility index (Phi) is 3.19. The third-order valence-corrected chi connectivity index (χ3v) is 2.60. The number of anilines is 1. The maximum atomic E-state index is 11.0. The van der Waals surface area contributed by atoms with Crippen molar-refractivity contribution in [2.45, 2.75) is 0 Å². The number of nitrogens with zero attached hydrogens (tertiary/aromatic N) is 2. The predicted molar refractivity (Wildman–Crippen MR) is 66.9 cm³/mol. The second kappa shape index (κ2) is 4.81. The molecule has 0 aliphatic heterocycles. The van der Waals surface area contributed by atoms with Crippen molar-refractivity contribution in [2.75, 3.05) is 11.9 Å². The number of carbonyl (C=O) groups excluding carboxylic acids is 1. The molecule has 0 atom stereocenters. The van der Waals surface area contributed by atoms with E-state index < -0.39 is 12.0 Å². The molecule has 0 saturated carbocycles. The molecule has 0 saturated heterocycles. The lowest BCUT2D eigenvalue weighted by Crippen LogP contribution is -2.31. The zero-order valence-electron chi connectivity index (χ0n) is 10.0. The Morgan fingerprint density at radius 2 is 1.95 bits per heavy atom. The molecular formula is C12H11N3O4. The van der Waals surface area contributed by atoms with Crippen LogP contribution in [-0.4, -0.2) is 29.3 Å². The van der Waals surface area contributed by atoms with Gasteiger partial charge in [0, 0.05) is 24.4 Å². The first-order chi connectivity index (χ1) is 8.99. The molecule has 19 heavy (non-hydrogen) atoms. The number of hydrogen-bond donors (Lipinski definition) is 2. The van der Waals surface area contributed by atoms with Gasteiger partial charge in [-0.3, -0.25) is 4.90 Å². The zero-order chi connectivity index (χ0) is 14.0. The van der Waals surface area contributed by atoms with E-state index in [9.17, 15) is 9.59 Å². The molecule has 7 heteroatoms. The van der Waals surface area contributed by atoms with E-state index in [1.807, 2.05) is 0 Å². The topological polar surface area (TPSA) is 110 Å². The van der Waals surface area contributed by atoms with E-state index in [4.69, 9.17) is 10.8 Å². The summed E-state index contributed by atoms with van der Waals surface area (Å²) in [6.45, 7) is 0. The van der Waals surface area contributed by atoms with Gasteiger partial charge in [0.2, 0.25) is 5.76 Å². The number of hydrogen-bond acceptors (Lipinski definition) is 4. The van der Waals surface area contributed by atoms with Gasteiger partial charge in [0.25, 0.3) is 0 Å². The molecule has 0 radical (unpaired) electrons. The number of carbonyl (C=O) groups is 2.